The third-order valence-electron chi connectivity index (χ3n) is 3.89. The molecule has 0 saturated heterocycles. The van der Waals surface area contributed by atoms with Gasteiger partial charge in [-0.05, 0) is 36.8 Å². The number of benzene rings is 1. The standard InChI is InChI=1S/C15H21F2N/c1-10(2)11-4-3-5-14(6-11)18-15-8-12(16)7-13(17)9-15/h7-11,14,18H,3-6H2,1-2H3. The fourth-order valence-corrected chi connectivity index (χ4v) is 2.84. The first kappa shape index (κ1) is 13.3. The van der Waals surface area contributed by atoms with Gasteiger partial charge in [-0.3, -0.25) is 0 Å². The highest BCUT2D eigenvalue weighted by Gasteiger charge is 2.24. The summed E-state index contributed by atoms with van der Waals surface area (Å²) in [6.45, 7) is 4.49. The Bertz CT molecular complexity index is 383. The summed E-state index contributed by atoms with van der Waals surface area (Å²) in [5.41, 5.74) is 0.557. The molecule has 2 unspecified atom stereocenters. The van der Waals surface area contributed by atoms with E-state index in [1.165, 1.54) is 25.0 Å². The van der Waals surface area contributed by atoms with E-state index in [0.29, 0.717) is 17.6 Å². The van der Waals surface area contributed by atoms with Gasteiger partial charge in [-0.1, -0.05) is 26.7 Å². The molecule has 1 fully saturated rings. The van der Waals surface area contributed by atoms with Gasteiger partial charge in [0.1, 0.15) is 11.6 Å². The molecule has 1 aliphatic carbocycles. The first-order valence-electron chi connectivity index (χ1n) is 6.77. The lowest BCUT2D eigenvalue weighted by molar-refractivity contribution is 0.264. The van der Waals surface area contributed by atoms with Crippen LogP contribution in [0.3, 0.4) is 0 Å². The average molecular weight is 253 g/mol. The summed E-state index contributed by atoms with van der Waals surface area (Å²) in [4.78, 5) is 0. The summed E-state index contributed by atoms with van der Waals surface area (Å²) in [7, 11) is 0. The van der Waals surface area contributed by atoms with E-state index in [1.54, 1.807) is 0 Å². The molecular formula is C15H21F2N. The molecule has 0 aliphatic heterocycles. The molecule has 2 rings (SSSR count). The van der Waals surface area contributed by atoms with Gasteiger partial charge in [0.15, 0.2) is 0 Å². The van der Waals surface area contributed by atoms with Crippen molar-refractivity contribution in [2.75, 3.05) is 5.32 Å². The van der Waals surface area contributed by atoms with Crippen LogP contribution >= 0.6 is 0 Å². The van der Waals surface area contributed by atoms with Gasteiger partial charge in [0.2, 0.25) is 0 Å². The predicted molar refractivity (Wildman–Crippen MR) is 70.6 cm³/mol. The molecule has 0 bridgehead atoms. The fourth-order valence-electron chi connectivity index (χ4n) is 2.84. The van der Waals surface area contributed by atoms with Crippen LogP contribution in [0.4, 0.5) is 14.5 Å². The van der Waals surface area contributed by atoms with Crippen LogP contribution in [0.2, 0.25) is 0 Å². The highest BCUT2D eigenvalue weighted by Crippen LogP contribution is 2.31. The zero-order valence-corrected chi connectivity index (χ0v) is 11.0. The summed E-state index contributed by atoms with van der Waals surface area (Å²) in [6, 6.07) is 3.97. The lowest BCUT2D eigenvalue weighted by Crippen LogP contribution is -2.29. The smallest absolute Gasteiger partial charge is 0.128 e. The third-order valence-corrected chi connectivity index (χ3v) is 3.89. The molecule has 1 aromatic rings. The lowest BCUT2D eigenvalue weighted by Gasteiger charge is -2.32. The number of hydrogen-bond acceptors (Lipinski definition) is 1. The van der Waals surface area contributed by atoms with E-state index in [4.69, 9.17) is 0 Å². The second-order valence-corrected chi connectivity index (χ2v) is 5.67. The van der Waals surface area contributed by atoms with Crippen molar-refractivity contribution in [1.29, 1.82) is 0 Å². The van der Waals surface area contributed by atoms with Gasteiger partial charge in [-0.15, -0.1) is 0 Å². The highest BCUT2D eigenvalue weighted by atomic mass is 19.1. The average Bonchev–Trinajstić information content (AvgIpc) is 2.27. The predicted octanol–water partition coefficient (Wildman–Crippen LogP) is 4.59. The van der Waals surface area contributed by atoms with Gasteiger partial charge in [-0.25, -0.2) is 8.78 Å². The summed E-state index contributed by atoms with van der Waals surface area (Å²) in [6.07, 6.45) is 4.64. The third kappa shape index (κ3) is 3.44. The van der Waals surface area contributed by atoms with Crippen LogP contribution < -0.4 is 5.32 Å². The molecule has 0 radical (unpaired) electrons. The molecule has 1 nitrogen and oxygen atoms in total. The SMILES string of the molecule is CC(C)C1CCCC(Nc2cc(F)cc(F)c2)C1. The van der Waals surface area contributed by atoms with Gasteiger partial charge in [0.05, 0.1) is 0 Å². The number of nitrogens with one attached hydrogen (secondary N) is 1. The molecule has 18 heavy (non-hydrogen) atoms. The minimum absolute atomic E-state index is 0.340. The molecule has 0 amide bonds. The molecule has 0 aromatic heterocycles. The molecule has 1 aliphatic rings. The molecule has 1 saturated carbocycles. The van der Waals surface area contributed by atoms with E-state index in [9.17, 15) is 8.78 Å². The van der Waals surface area contributed by atoms with Crippen molar-refractivity contribution in [3.05, 3.63) is 29.8 Å². The van der Waals surface area contributed by atoms with Crippen molar-refractivity contribution in [2.24, 2.45) is 11.8 Å². The molecule has 0 spiro atoms. The number of hydrogen-bond donors (Lipinski definition) is 1. The normalized spacial score (nSPS) is 24.3. The molecule has 0 heterocycles. The van der Waals surface area contributed by atoms with Crippen LogP contribution in [0.25, 0.3) is 0 Å². The Morgan fingerprint density at radius 2 is 1.78 bits per heavy atom. The Morgan fingerprint density at radius 1 is 1.11 bits per heavy atom. The Hall–Kier alpha value is -1.12. The van der Waals surface area contributed by atoms with E-state index in [-0.39, 0.29) is 0 Å². The largest absolute Gasteiger partial charge is 0.382 e. The van der Waals surface area contributed by atoms with Gasteiger partial charge < -0.3 is 5.32 Å². The monoisotopic (exact) mass is 253 g/mol. The lowest BCUT2D eigenvalue weighted by atomic mass is 9.79. The van der Waals surface area contributed by atoms with Gasteiger partial charge in [0.25, 0.3) is 0 Å². The van der Waals surface area contributed by atoms with E-state index in [0.717, 1.165) is 24.8 Å². The second kappa shape index (κ2) is 5.68. The zero-order chi connectivity index (χ0) is 13.1. The Labute approximate surface area is 108 Å². The van der Waals surface area contributed by atoms with Crippen LogP contribution in [-0.4, -0.2) is 6.04 Å². The van der Waals surface area contributed by atoms with Crippen LogP contribution in [-0.2, 0) is 0 Å². The van der Waals surface area contributed by atoms with Gasteiger partial charge >= 0.3 is 0 Å². The minimum Gasteiger partial charge on any atom is -0.382 e. The molecule has 2 atom stereocenters. The zero-order valence-electron chi connectivity index (χ0n) is 11.0. The van der Waals surface area contributed by atoms with E-state index in [1.807, 2.05) is 0 Å². The first-order valence-corrected chi connectivity index (χ1v) is 6.77. The Kier molecular flexibility index (Phi) is 4.20. The number of anilines is 1. The van der Waals surface area contributed by atoms with Crippen LogP contribution in [0.1, 0.15) is 39.5 Å². The van der Waals surface area contributed by atoms with Crippen LogP contribution in [0.15, 0.2) is 18.2 Å². The maximum absolute atomic E-state index is 13.1. The maximum atomic E-state index is 13.1. The second-order valence-electron chi connectivity index (χ2n) is 5.67. The van der Waals surface area contributed by atoms with Crippen LogP contribution in [0, 0.1) is 23.5 Å². The summed E-state index contributed by atoms with van der Waals surface area (Å²) < 4.78 is 26.2. The molecule has 1 aromatic carbocycles. The van der Waals surface area contributed by atoms with Crippen molar-refractivity contribution >= 4 is 5.69 Å². The summed E-state index contributed by atoms with van der Waals surface area (Å²) in [5, 5.41) is 3.27. The van der Waals surface area contributed by atoms with Gasteiger partial charge in [0, 0.05) is 17.8 Å². The number of rotatable bonds is 3. The van der Waals surface area contributed by atoms with Crippen LogP contribution in [0.5, 0.6) is 0 Å². The Balaban J connectivity index is 2.00. The topological polar surface area (TPSA) is 12.0 Å². The fraction of sp³-hybridized carbons (Fsp3) is 0.600. The Morgan fingerprint density at radius 3 is 2.39 bits per heavy atom. The number of halogens is 2. The van der Waals surface area contributed by atoms with E-state index >= 15 is 0 Å². The molecule has 3 heteroatoms. The minimum atomic E-state index is -0.520. The van der Waals surface area contributed by atoms with Crippen molar-refractivity contribution < 1.29 is 8.78 Å². The van der Waals surface area contributed by atoms with E-state index < -0.39 is 11.6 Å². The molecule has 1 N–H and O–H groups in total. The maximum Gasteiger partial charge on any atom is 0.128 e. The van der Waals surface area contributed by atoms with Crippen molar-refractivity contribution in [1.82, 2.24) is 0 Å². The van der Waals surface area contributed by atoms with Crippen molar-refractivity contribution in [3.63, 3.8) is 0 Å². The molecular weight excluding hydrogens is 232 g/mol. The van der Waals surface area contributed by atoms with Crippen molar-refractivity contribution in [2.45, 2.75) is 45.6 Å². The first-order chi connectivity index (χ1) is 8.54. The van der Waals surface area contributed by atoms with E-state index in [2.05, 4.69) is 19.2 Å². The van der Waals surface area contributed by atoms with Crippen molar-refractivity contribution in [3.8, 4) is 0 Å². The molecule has 100 valence electrons. The quantitative estimate of drug-likeness (QED) is 0.830. The highest BCUT2D eigenvalue weighted by molar-refractivity contribution is 5.44. The van der Waals surface area contributed by atoms with Gasteiger partial charge in [-0.2, -0.15) is 0 Å². The summed E-state index contributed by atoms with van der Waals surface area (Å²) in [5.74, 6) is 0.357. The summed E-state index contributed by atoms with van der Waals surface area (Å²) >= 11 is 0.